The van der Waals surface area contributed by atoms with Crippen LogP contribution in [0.1, 0.15) is 15.2 Å². The Morgan fingerprint density at radius 2 is 2.05 bits per heavy atom. The Morgan fingerprint density at radius 3 is 2.67 bits per heavy atom. The van der Waals surface area contributed by atoms with Crippen molar-refractivity contribution in [3.8, 4) is 0 Å². The van der Waals surface area contributed by atoms with Gasteiger partial charge in [0.05, 0.1) is 15.6 Å². The van der Waals surface area contributed by atoms with Crippen LogP contribution in [0, 0.1) is 0 Å². The molecule has 21 heavy (non-hydrogen) atoms. The van der Waals surface area contributed by atoms with E-state index in [4.69, 9.17) is 16.7 Å². The lowest BCUT2D eigenvalue weighted by Crippen LogP contribution is -2.11. The normalized spacial score (nSPS) is 10.8. The molecule has 0 bridgehead atoms. The van der Waals surface area contributed by atoms with Crippen molar-refractivity contribution in [2.45, 2.75) is 0 Å². The molecule has 1 aromatic carbocycles. The van der Waals surface area contributed by atoms with Crippen LogP contribution in [0.3, 0.4) is 0 Å². The highest BCUT2D eigenvalue weighted by Gasteiger charge is 2.11. The second-order valence-corrected chi connectivity index (χ2v) is 6.62. The fourth-order valence-electron chi connectivity index (χ4n) is 1.55. The number of carbonyl (C=O) groups is 2. The van der Waals surface area contributed by atoms with Gasteiger partial charge in [0, 0.05) is 15.4 Å². The summed E-state index contributed by atoms with van der Waals surface area (Å²) in [5, 5.41) is 11.7. The number of carboxylic acid groups (broad SMARTS) is 1. The number of nitrogens with one attached hydrogen (secondary N) is 1. The van der Waals surface area contributed by atoms with Crippen molar-refractivity contribution in [2.24, 2.45) is 0 Å². The molecule has 1 aromatic heterocycles. The minimum Gasteiger partial charge on any atom is -0.478 e. The first-order valence-electron chi connectivity index (χ1n) is 5.73. The summed E-state index contributed by atoms with van der Waals surface area (Å²) < 4.78 is 1.26. The Labute approximate surface area is 138 Å². The average Bonchev–Trinajstić information content (AvgIpc) is 2.84. The van der Waals surface area contributed by atoms with Crippen molar-refractivity contribution < 1.29 is 14.7 Å². The minimum absolute atomic E-state index is 0.0188. The van der Waals surface area contributed by atoms with Crippen LogP contribution in [0.25, 0.3) is 6.08 Å². The summed E-state index contributed by atoms with van der Waals surface area (Å²) in [7, 11) is 0. The largest absolute Gasteiger partial charge is 0.478 e. The van der Waals surface area contributed by atoms with E-state index in [2.05, 4.69) is 21.2 Å². The van der Waals surface area contributed by atoms with E-state index in [1.807, 2.05) is 0 Å². The van der Waals surface area contributed by atoms with Gasteiger partial charge in [-0.1, -0.05) is 27.5 Å². The van der Waals surface area contributed by atoms with E-state index in [0.29, 0.717) is 8.81 Å². The van der Waals surface area contributed by atoms with Gasteiger partial charge in [-0.05, 0) is 36.4 Å². The van der Waals surface area contributed by atoms with Crippen molar-refractivity contribution in [3.05, 3.63) is 55.7 Å². The molecule has 0 aliphatic rings. The minimum atomic E-state index is -1.11. The summed E-state index contributed by atoms with van der Waals surface area (Å²) in [6.07, 6.45) is 2.95. The maximum absolute atomic E-state index is 11.8. The smallest absolute Gasteiger partial charge is 0.337 e. The summed E-state index contributed by atoms with van der Waals surface area (Å²) in [6.45, 7) is 0. The first kappa shape index (κ1) is 15.8. The molecule has 0 aliphatic carbocycles. The van der Waals surface area contributed by atoms with Gasteiger partial charge in [0.15, 0.2) is 0 Å². The summed E-state index contributed by atoms with van der Waals surface area (Å²) in [6, 6.07) is 8.15. The van der Waals surface area contributed by atoms with Crippen LogP contribution < -0.4 is 5.32 Å². The van der Waals surface area contributed by atoms with Crippen molar-refractivity contribution in [1.29, 1.82) is 0 Å². The van der Waals surface area contributed by atoms with E-state index in [1.54, 1.807) is 24.3 Å². The van der Waals surface area contributed by atoms with Crippen LogP contribution in [0.5, 0.6) is 0 Å². The Kier molecular flexibility index (Phi) is 5.17. The Morgan fingerprint density at radius 1 is 1.29 bits per heavy atom. The molecule has 0 unspecified atom stereocenters. The zero-order chi connectivity index (χ0) is 15.4. The number of anilines is 1. The first-order valence-corrected chi connectivity index (χ1v) is 7.71. The molecular weight excluding hydrogens is 378 g/mol. The van der Waals surface area contributed by atoms with Gasteiger partial charge in [-0.25, -0.2) is 4.79 Å². The van der Waals surface area contributed by atoms with E-state index in [9.17, 15) is 9.59 Å². The predicted octanol–water partition coefficient (Wildman–Crippen LogP) is 4.51. The average molecular weight is 387 g/mol. The molecule has 0 aliphatic heterocycles. The molecule has 1 heterocycles. The van der Waals surface area contributed by atoms with Gasteiger partial charge in [-0.15, -0.1) is 11.3 Å². The number of carboxylic acids is 1. The highest BCUT2D eigenvalue weighted by atomic mass is 79.9. The van der Waals surface area contributed by atoms with Gasteiger partial charge in [0.2, 0.25) is 5.91 Å². The summed E-state index contributed by atoms with van der Waals surface area (Å²) >= 11 is 10.3. The summed E-state index contributed by atoms with van der Waals surface area (Å²) in [5.74, 6) is -1.52. The molecule has 0 spiro atoms. The SMILES string of the molecule is O=C(C=Cc1ccc(Cl)s1)Nc1ccc(Br)cc1C(=O)O. The molecule has 0 radical (unpaired) electrons. The molecule has 4 nitrogen and oxygen atoms in total. The number of thiophene rings is 1. The van der Waals surface area contributed by atoms with Crippen LogP contribution in [0.15, 0.2) is 40.9 Å². The fourth-order valence-corrected chi connectivity index (χ4v) is 2.88. The second-order valence-electron chi connectivity index (χ2n) is 3.96. The molecule has 0 atom stereocenters. The Balaban J connectivity index is 2.13. The van der Waals surface area contributed by atoms with E-state index in [-0.39, 0.29) is 11.3 Å². The van der Waals surface area contributed by atoms with Crippen LogP contribution in [0.2, 0.25) is 4.34 Å². The van der Waals surface area contributed by atoms with Gasteiger partial charge in [0.25, 0.3) is 0 Å². The lowest BCUT2D eigenvalue weighted by molar-refractivity contribution is -0.111. The number of amides is 1. The summed E-state index contributed by atoms with van der Waals surface area (Å²) in [4.78, 5) is 23.8. The number of aromatic carboxylic acids is 1. The van der Waals surface area contributed by atoms with Crippen molar-refractivity contribution in [1.82, 2.24) is 0 Å². The van der Waals surface area contributed by atoms with Crippen LogP contribution in [0.4, 0.5) is 5.69 Å². The van der Waals surface area contributed by atoms with E-state index >= 15 is 0 Å². The maximum Gasteiger partial charge on any atom is 0.337 e. The zero-order valence-electron chi connectivity index (χ0n) is 10.5. The number of halogens is 2. The third kappa shape index (κ3) is 4.42. The van der Waals surface area contributed by atoms with Crippen molar-refractivity contribution in [3.63, 3.8) is 0 Å². The number of hydrogen-bond acceptors (Lipinski definition) is 3. The van der Waals surface area contributed by atoms with Gasteiger partial charge in [-0.2, -0.15) is 0 Å². The highest BCUT2D eigenvalue weighted by molar-refractivity contribution is 9.10. The number of hydrogen-bond donors (Lipinski definition) is 2. The van der Waals surface area contributed by atoms with Gasteiger partial charge < -0.3 is 10.4 Å². The van der Waals surface area contributed by atoms with E-state index in [0.717, 1.165) is 4.88 Å². The van der Waals surface area contributed by atoms with Gasteiger partial charge in [0.1, 0.15) is 0 Å². The van der Waals surface area contributed by atoms with Crippen LogP contribution in [-0.2, 0) is 4.79 Å². The zero-order valence-corrected chi connectivity index (χ0v) is 13.6. The fraction of sp³-hybridized carbons (Fsp3) is 0. The van der Waals surface area contributed by atoms with Gasteiger partial charge in [-0.3, -0.25) is 4.79 Å². The van der Waals surface area contributed by atoms with Crippen molar-refractivity contribution in [2.75, 3.05) is 5.32 Å². The lowest BCUT2D eigenvalue weighted by Gasteiger charge is -2.06. The summed E-state index contributed by atoms with van der Waals surface area (Å²) in [5.41, 5.74) is 0.259. The Hall–Kier alpha value is -1.63. The van der Waals surface area contributed by atoms with E-state index in [1.165, 1.54) is 29.5 Å². The molecule has 7 heteroatoms. The molecule has 2 aromatic rings. The van der Waals surface area contributed by atoms with E-state index < -0.39 is 11.9 Å². The Bertz CT molecular complexity index is 727. The van der Waals surface area contributed by atoms with Crippen LogP contribution in [-0.4, -0.2) is 17.0 Å². The molecule has 2 rings (SSSR count). The first-order chi connectivity index (χ1) is 9.95. The third-order valence-corrected chi connectivity index (χ3v) is 4.15. The second kappa shape index (κ2) is 6.89. The standard InChI is InChI=1S/C14H9BrClNO3S/c15-8-1-4-11(10(7-8)14(19)20)17-13(18)6-3-9-2-5-12(16)21-9/h1-7H,(H,17,18)(H,19,20). The predicted molar refractivity (Wildman–Crippen MR) is 88.1 cm³/mol. The monoisotopic (exact) mass is 385 g/mol. The lowest BCUT2D eigenvalue weighted by atomic mass is 10.2. The van der Waals surface area contributed by atoms with Gasteiger partial charge >= 0.3 is 5.97 Å². The molecule has 0 saturated heterocycles. The highest BCUT2D eigenvalue weighted by Crippen LogP contribution is 2.23. The molecule has 0 saturated carbocycles. The van der Waals surface area contributed by atoms with Crippen LogP contribution >= 0.6 is 38.9 Å². The number of carbonyl (C=O) groups excluding carboxylic acids is 1. The number of benzene rings is 1. The quantitative estimate of drug-likeness (QED) is 0.760. The third-order valence-electron chi connectivity index (χ3n) is 2.46. The molecular formula is C14H9BrClNO3S. The molecule has 1 amide bonds. The van der Waals surface area contributed by atoms with Crippen molar-refractivity contribution >= 4 is 62.5 Å². The molecule has 2 N–H and O–H groups in total. The molecule has 0 fully saturated rings. The topological polar surface area (TPSA) is 66.4 Å². The maximum atomic E-state index is 11.8. The molecule has 108 valence electrons. The number of rotatable bonds is 4.